The Bertz CT molecular complexity index is 608. The number of fused-ring (bicyclic) bond motifs is 1. The molecule has 0 aromatic carbocycles. The molecule has 0 amide bonds. The summed E-state index contributed by atoms with van der Waals surface area (Å²) < 4.78 is 1.38. The lowest BCUT2D eigenvalue weighted by Crippen LogP contribution is -2.21. The van der Waals surface area contributed by atoms with E-state index in [2.05, 4.69) is 15.0 Å². The van der Waals surface area contributed by atoms with E-state index in [9.17, 15) is 4.79 Å². The van der Waals surface area contributed by atoms with Crippen LogP contribution in [0.25, 0.3) is 11.0 Å². The number of rotatable bonds is 0. The molecule has 0 aliphatic heterocycles. The monoisotopic (exact) mass is 244 g/mol. The number of halogens is 2. The van der Waals surface area contributed by atoms with Crippen molar-refractivity contribution in [2.75, 3.05) is 0 Å². The van der Waals surface area contributed by atoms with Crippen LogP contribution in [0, 0.1) is 6.92 Å². The number of nitrogens with zero attached hydrogens (tertiary/aromatic N) is 4. The van der Waals surface area contributed by atoms with Crippen LogP contribution in [0.1, 0.15) is 5.82 Å². The molecule has 2 rings (SSSR count). The molecule has 0 atom stereocenters. The van der Waals surface area contributed by atoms with Gasteiger partial charge in [0.05, 0.1) is 0 Å². The molecule has 0 bridgehead atoms. The molecule has 0 aliphatic rings. The highest BCUT2D eigenvalue weighted by Gasteiger charge is 2.12. The first-order valence-corrected chi connectivity index (χ1v) is 4.82. The summed E-state index contributed by atoms with van der Waals surface area (Å²) in [6, 6.07) is 0. The molecule has 0 unspecified atom stereocenters. The average Bonchev–Trinajstić information content (AvgIpc) is 2.17. The lowest BCUT2D eigenvalue weighted by Gasteiger charge is -2.04. The van der Waals surface area contributed by atoms with E-state index in [1.54, 1.807) is 14.0 Å². The van der Waals surface area contributed by atoms with Crippen molar-refractivity contribution < 1.29 is 0 Å². The molecule has 15 heavy (non-hydrogen) atoms. The van der Waals surface area contributed by atoms with Crippen molar-refractivity contribution in [2.24, 2.45) is 7.05 Å². The molecule has 2 heterocycles. The summed E-state index contributed by atoms with van der Waals surface area (Å²) in [6.07, 6.45) is 0. The summed E-state index contributed by atoms with van der Waals surface area (Å²) in [6.45, 7) is 1.70. The van der Waals surface area contributed by atoms with E-state index in [0.717, 1.165) is 0 Å². The van der Waals surface area contributed by atoms with Gasteiger partial charge in [0, 0.05) is 7.05 Å². The first-order valence-electron chi connectivity index (χ1n) is 4.07. The molecule has 0 N–H and O–H groups in total. The number of hydrogen-bond donors (Lipinski definition) is 0. The number of aryl methyl sites for hydroxylation is 1. The quantitative estimate of drug-likeness (QED) is 0.519. The standard InChI is InChI=1S/C8H6Cl2N4O/c1-3-11-4-5(7(15)14(3)2)12-8(10)13-6(4)9/h1-2H3. The second-order valence-corrected chi connectivity index (χ2v) is 3.70. The maximum Gasteiger partial charge on any atom is 0.280 e. The highest BCUT2D eigenvalue weighted by molar-refractivity contribution is 6.35. The van der Waals surface area contributed by atoms with Gasteiger partial charge in [0.15, 0.2) is 10.7 Å². The Balaban J connectivity index is 3.06. The van der Waals surface area contributed by atoms with Crippen molar-refractivity contribution in [3.05, 3.63) is 26.6 Å². The first-order chi connectivity index (χ1) is 7.00. The lowest BCUT2D eigenvalue weighted by molar-refractivity contribution is 0.788. The molecule has 0 fully saturated rings. The van der Waals surface area contributed by atoms with E-state index in [0.29, 0.717) is 5.82 Å². The Labute approximate surface area is 94.7 Å². The van der Waals surface area contributed by atoms with E-state index in [4.69, 9.17) is 23.2 Å². The number of hydrogen-bond acceptors (Lipinski definition) is 4. The predicted octanol–water partition coefficient (Wildman–Crippen LogP) is 1.34. The molecule has 0 saturated carbocycles. The van der Waals surface area contributed by atoms with Crippen LogP contribution in [0.15, 0.2) is 4.79 Å². The van der Waals surface area contributed by atoms with Crippen LogP contribution >= 0.6 is 23.2 Å². The normalized spacial score (nSPS) is 10.9. The maximum absolute atomic E-state index is 11.8. The Morgan fingerprint density at radius 1 is 1.13 bits per heavy atom. The van der Waals surface area contributed by atoms with E-state index in [1.807, 2.05) is 0 Å². The number of aromatic nitrogens is 4. The van der Waals surface area contributed by atoms with Gasteiger partial charge in [-0.2, -0.15) is 0 Å². The van der Waals surface area contributed by atoms with Crippen LogP contribution in [-0.2, 0) is 7.05 Å². The van der Waals surface area contributed by atoms with Gasteiger partial charge in [0.25, 0.3) is 5.56 Å². The van der Waals surface area contributed by atoms with Crippen LogP contribution in [-0.4, -0.2) is 19.5 Å². The molecule has 2 aromatic heterocycles. The zero-order valence-electron chi connectivity index (χ0n) is 7.95. The Morgan fingerprint density at radius 3 is 2.47 bits per heavy atom. The zero-order chi connectivity index (χ0) is 11.2. The van der Waals surface area contributed by atoms with Crippen LogP contribution in [0.2, 0.25) is 10.4 Å². The van der Waals surface area contributed by atoms with E-state index < -0.39 is 0 Å². The van der Waals surface area contributed by atoms with Gasteiger partial charge in [-0.3, -0.25) is 9.36 Å². The van der Waals surface area contributed by atoms with Crippen molar-refractivity contribution in [1.82, 2.24) is 19.5 Å². The van der Waals surface area contributed by atoms with Crippen molar-refractivity contribution in [3.63, 3.8) is 0 Å². The van der Waals surface area contributed by atoms with Gasteiger partial charge < -0.3 is 0 Å². The zero-order valence-corrected chi connectivity index (χ0v) is 9.46. The van der Waals surface area contributed by atoms with Crippen molar-refractivity contribution in [3.8, 4) is 0 Å². The minimum Gasteiger partial charge on any atom is -0.298 e. The van der Waals surface area contributed by atoms with Gasteiger partial charge in [0.1, 0.15) is 11.3 Å². The van der Waals surface area contributed by atoms with E-state index >= 15 is 0 Å². The SMILES string of the molecule is Cc1nc2c(Cl)nc(Cl)nc2c(=O)n1C. The Kier molecular flexibility index (Phi) is 2.36. The topological polar surface area (TPSA) is 60.7 Å². The predicted molar refractivity (Wildman–Crippen MR) is 57.3 cm³/mol. The highest BCUT2D eigenvalue weighted by Crippen LogP contribution is 2.17. The summed E-state index contributed by atoms with van der Waals surface area (Å²) >= 11 is 11.4. The van der Waals surface area contributed by atoms with Gasteiger partial charge >= 0.3 is 0 Å². The van der Waals surface area contributed by atoms with E-state index in [1.165, 1.54) is 4.57 Å². The maximum atomic E-state index is 11.8. The van der Waals surface area contributed by atoms with E-state index in [-0.39, 0.29) is 27.0 Å². The van der Waals surface area contributed by atoms with Gasteiger partial charge in [-0.25, -0.2) is 15.0 Å². The third-order valence-corrected chi connectivity index (χ3v) is 2.51. The molecule has 7 heteroatoms. The summed E-state index contributed by atoms with van der Waals surface area (Å²) in [5, 5.41) is 0.0288. The third-order valence-electron chi connectivity index (χ3n) is 2.08. The minimum absolute atomic E-state index is 0.0600. The van der Waals surface area contributed by atoms with Crippen LogP contribution in [0.3, 0.4) is 0 Å². The van der Waals surface area contributed by atoms with Gasteiger partial charge in [-0.05, 0) is 18.5 Å². The molecule has 78 valence electrons. The summed E-state index contributed by atoms with van der Waals surface area (Å²) in [4.78, 5) is 23.4. The van der Waals surface area contributed by atoms with Crippen LogP contribution in [0.4, 0.5) is 0 Å². The van der Waals surface area contributed by atoms with Gasteiger partial charge in [-0.15, -0.1) is 0 Å². The second kappa shape index (κ2) is 3.43. The fourth-order valence-corrected chi connectivity index (χ4v) is 1.62. The lowest BCUT2D eigenvalue weighted by atomic mass is 10.4. The fourth-order valence-electron chi connectivity index (χ4n) is 1.19. The third kappa shape index (κ3) is 1.57. The van der Waals surface area contributed by atoms with Gasteiger partial charge in [-0.1, -0.05) is 11.6 Å². The van der Waals surface area contributed by atoms with Crippen LogP contribution < -0.4 is 5.56 Å². The first kappa shape index (κ1) is 10.3. The Morgan fingerprint density at radius 2 is 1.80 bits per heavy atom. The largest absolute Gasteiger partial charge is 0.298 e. The fraction of sp³-hybridized carbons (Fsp3) is 0.250. The highest BCUT2D eigenvalue weighted by atomic mass is 35.5. The van der Waals surface area contributed by atoms with Crippen molar-refractivity contribution >= 4 is 34.2 Å². The summed E-state index contributed by atoms with van der Waals surface area (Å²) in [7, 11) is 1.61. The summed E-state index contributed by atoms with van der Waals surface area (Å²) in [5.74, 6) is 0.542. The molecule has 0 spiro atoms. The molecule has 5 nitrogen and oxygen atoms in total. The average molecular weight is 245 g/mol. The van der Waals surface area contributed by atoms with Crippen LogP contribution in [0.5, 0.6) is 0 Å². The summed E-state index contributed by atoms with van der Waals surface area (Å²) in [5.41, 5.74) is 0.124. The molecular weight excluding hydrogens is 239 g/mol. The second-order valence-electron chi connectivity index (χ2n) is 3.00. The molecule has 2 aromatic rings. The molecule has 0 saturated heterocycles. The smallest absolute Gasteiger partial charge is 0.280 e. The molecule has 0 radical (unpaired) electrons. The molecule has 0 aliphatic carbocycles. The minimum atomic E-state index is -0.288. The molecular formula is C8H6Cl2N4O. The van der Waals surface area contributed by atoms with Gasteiger partial charge in [0.2, 0.25) is 5.28 Å². The van der Waals surface area contributed by atoms with Crippen molar-refractivity contribution in [2.45, 2.75) is 6.92 Å². The Hall–Kier alpha value is -1.20. The van der Waals surface area contributed by atoms with Crippen molar-refractivity contribution in [1.29, 1.82) is 0 Å².